The third-order valence-corrected chi connectivity index (χ3v) is 9.71. The second kappa shape index (κ2) is 22.0. The maximum atomic E-state index is 13.6. The maximum Gasteiger partial charge on any atom is 0.409 e. The Balaban J connectivity index is 1.22. The molecule has 22 nitrogen and oxygen atoms in total. The van der Waals surface area contributed by atoms with E-state index in [9.17, 15) is 53.7 Å². The number of carboxylic acid groups (broad SMARTS) is 1. The van der Waals surface area contributed by atoms with E-state index in [0.29, 0.717) is 16.8 Å². The molecule has 5 rings (SSSR count). The van der Waals surface area contributed by atoms with E-state index in [1.807, 2.05) is 0 Å². The Morgan fingerprint density at radius 1 is 0.603 bits per heavy atom. The van der Waals surface area contributed by atoms with Crippen molar-refractivity contribution in [1.82, 2.24) is 5.32 Å². The molecule has 0 aliphatic rings. The molecule has 0 fully saturated rings. The number of nitrogens with one attached hydrogen (secondary N) is 5. The van der Waals surface area contributed by atoms with Crippen LogP contribution in [0.15, 0.2) is 103 Å². The van der Waals surface area contributed by atoms with Gasteiger partial charge in [-0.1, -0.05) is 12.1 Å². The average Bonchev–Trinajstić information content (AvgIpc) is 3.29. The van der Waals surface area contributed by atoms with Crippen LogP contribution in [0.3, 0.4) is 0 Å². The number of carbonyl (C=O) groups is 8. The summed E-state index contributed by atoms with van der Waals surface area (Å²) in [5.41, 5.74) is 11.0. The Kier molecular flexibility index (Phi) is 16.0. The normalized spacial score (nSPS) is 11.7. The first-order valence-electron chi connectivity index (χ1n) is 19.7. The van der Waals surface area contributed by atoms with Crippen LogP contribution in [0.4, 0.5) is 27.5 Å². The van der Waals surface area contributed by atoms with Crippen LogP contribution in [0, 0.1) is 0 Å². The second-order valence-electron chi connectivity index (χ2n) is 14.2. The molecule has 7 amide bonds. The number of phenolic OH excluding ortho intramolecular Hbond substituents is 1. The number of rotatable bonds is 18. The maximum absolute atomic E-state index is 13.6. The first-order chi connectivity index (χ1) is 32.3. The van der Waals surface area contributed by atoms with Crippen LogP contribution < -0.4 is 52.3 Å². The lowest BCUT2D eigenvalue weighted by Gasteiger charge is -2.24. The molecule has 5 aromatic carbocycles. The predicted molar refractivity (Wildman–Crippen MR) is 244 cm³/mol. The summed E-state index contributed by atoms with van der Waals surface area (Å²) in [6.07, 6.45) is -1.00. The lowest BCUT2D eigenvalue weighted by atomic mass is 10.1. The van der Waals surface area contributed by atoms with Crippen molar-refractivity contribution in [2.24, 2.45) is 11.5 Å². The number of phenols is 2. The molecule has 352 valence electrons. The number of ether oxygens (including phenoxy) is 4. The monoisotopic (exact) mass is 933 g/mol. The number of nitrogens with two attached hydrogens (primary N) is 2. The number of methoxy groups -OCH3 is 3. The number of anilines is 4. The zero-order valence-electron chi connectivity index (χ0n) is 36.4. The van der Waals surface area contributed by atoms with Gasteiger partial charge in [-0.05, 0) is 103 Å². The van der Waals surface area contributed by atoms with Gasteiger partial charge in [0.1, 0.15) is 17.4 Å². The number of amides is 7. The highest BCUT2D eigenvalue weighted by Gasteiger charge is 2.35. The highest BCUT2D eigenvalue weighted by Crippen LogP contribution is 2.40. The van der Waals surface area contributed by atoms with Gasteiger partial charge in [0.25, 0.3) is 23.6 Å². The van der Waals surface area contributed by atoms with Gasteiger partial charge in [0.15, 0.2) is 29.1 Å². The molecule has 0 radical (unpaired) electrons. The molecule has 0 aliphatic carbocycles. The third-order valence-electron chi connectivity index (χ3n) is 9.71. The number of primary amides is 2. The number of carboxylic acids is 1. The minimum absolute atomic E-state index is 0.0375. The molecule has 12 N–H and O–H groups in total. The van der Waals surface area contributed by atoms with Crippen molar-refractivity contribution in [3.8, 4) is 28.7 Å². The van der Waals surface area contributed by atoms with Crippen LogP contribution in [0.2, 0.25) is 0 Å². The fourth-order valence-corrected chi connectivity index (χ4v) is 6.34. The van der Waals surface area contributed by atoms with E-state index < -0.39 is 76.7 Å². The Bertz CT molecular complexity index is 2810. The van der Waals surface area contributed by atoms with Crippen LogP contribution in [-0.4, -0.2) is 96.3 Å². The van der Waals surface area contributed by atoms with E-state index in [1.54, 1.807) is 25.1 Å². The molecule has 2 unspecified atom stereocenters. The summed E-state index contributed by atoms with van der Waals surface area (Å²) in [6, 6.07) is 20.2. The summed E-state index contributed by atoms with van der Waals surface area (Å²) in [4.78, 5) is 101. The molecular formula is C46H43N7O15. The number of aromatic carboxylic acids is 1. The molecule has 68 heavy (non-hydrogen) atoms. The number of hydrogen-bond acceptors (Lipinski definition) is 14. The Morgan fingerprint density at radius 2 is 1.10 bits per heavy atom. The summed E-state index contributed by atoms with van der Waals surface area (Å²) in [5, 5.41) is 43.2. The minimum Gasteiger partial charge on any atom is -0.504 e. The molecule has 0 saturated heterocycles. The highest BCUT2D eigenvalue weighted by atomic mass is 16.5. The van der Waals surface area contributed by atoms with E-state index >= 15 is 0 Å². The zero-order chi connectivity index (χ0) is 49.8. The van der Waals surface area contributed by atoms with Crippen LogP contribution in [0.1, 0.15) is 53.9 Å². The van der Waals surface area contributed by atoms with Gasteiger partial charge in [-0.2, -0.15) is 0 Å². The Morgan fingerprint density at radius 3 is 1.60 bits per heavy atom. The molecule has 0 bridgehead atoms. The number of benzene rings is 5. The van der Waals surface area contributed by atoms with Gasteiger partial charge < -0.3 is 72.3 Å². The number of hydrogen-bond donors (Lipinski definition) is 10. The fourth-order valence-electron chi connectivity index (χ4n) is 6.34. The minimum atomic E-state index is -1.66. The van der Waals surface area contributed by atoms with E-state index in [4.69, 9.17) is 30.4 Å². The summed E-state index contributed by atoms with van der Waals surface area (Å²) < 4.78 is 20.3. The van der Waals surface area contributed by atoms with E-state index in [0.717, 1.165) is 20.3 Å². The van der Waals surface area contributed by atoms with Crippen molar-refractivity contribution in [1.29, 1.82) is 0 Å². The van der Waals surface area contributed by atoms with Crippen molar-refractivity contribution in [2.45, 2.75) is 19.1 Å². The van der Waals surface area contributed by atoms with Crippen LogP contribution >= 0.6 is 0 Å². The SMILES string of the molecule is COc1c(NC(=O)c2ccc(NC(=O)c3ccc(NC(=O)C(NC(=O)c4ccc(NC(=O)/C(C)=C/c5ccc(OC(N)=O)cc5)cc4)C(OC)C(N)=O)cc3)c(OC)c2O)ccc(C(=O)O)c1O. The third kappa shape index (κ3) is 12.0. The second-order valence-corrected chi connectivity index (χ2v) is 14.2. The zero-order valence-corrected chi connectivity index (χ0v) is 36.4. The lowest BCUT2D eigenvalue weighted by molar-refractivity contribution is -0.134. The van der Waals surface area contributed by atoms with E-state index in [-0.39, 0.29) is 51.0 Å². The van der Waals surface area contributed by atoms with Crippen molar-refractivity contribution in [3.05, 3.63) is 130 Å². The predicted octanol–water partition coefficient (Wildman–Crippen LogP) is 4.05. The van der Waals surface area contributed by atoms with Crippen molar-refractivity contribution in [3.63, 3.8) is 0 Å². The van der Waals surface area contributed by atoms with Crippen molar-refractivity contribution >= 4 is 76.3 Å². The number of aromatic hydroxyl groups is 2. The summed E-state index contributed by atoms with van der Waals surface area (Å²) in [6.45, 7) is 1.58. The van der Waals surface area contributed by atoms with Gasteiger partial charge in [-0.15, -0.1) is 0 Å². The first-order valence-corrected chi connectivity index (χ1v) is 19.7. The summed E-state index contributed by atoms with van der Waals surface area (Å²) >= 11 is 0. The van der Waals surface area contributed by atoms with Gasteiger partial charge in [0, 0.05) is 35.2 Å². The molecule has 5 aromatic rings. The van der Waals surface area contributed by atoms with Crippen LogP contribution in [0.5, 0.6) is 28.7 Å². The molecule has 0 aromatic heterocycles. The van der Waals surface area contributed by atoms with Gasteiger partial charge in [-0.25, -0.2) is 9.59 Å². The lowest BCUT2D eigenvalue weighted by Crippen LogP contribution is -2.56. The standard InChI is InChI=1S/C46H43N7O15/c1-22(21-23-5-15-28(16-6-23)68-46(48)64)40(57)49-26-11-9-25(10-12-26)42(59)53-33(38(67-4)39(47)56)44(61)50-27-13-7-24(8-14-27)41(58)51-31-19-17-29(34(54)36(31)65-2)43(60)52-32-20-18-30(45(62)63)35(55)37(32)66-3/h5-21,33,38,54-55H,1-4H3,(H2,47,56)(H2,48,64)(H,49,57)(H,50,61)(H,51,58)(H,52,60)(H,53,59)(H,62,63)/b22-21+. The topological polar surface area (TPSA) is 346 Å². The quantitative estimate of drug-likeness (QED) is 0.0554. The largest absolute Gasteiger partial charge is 0.504 e. The summed E-state index contributed by atoms with van der Waals surface area (Å²) in [5.74, 6) is -8.15. The van der Waals surface area contributed by atoms with Gasteiger partial charge in [0.05, 0.1) is 31.2 Å². The van der Waals surface area contributed by atoms with E-state index in [2.05, 4.69) is 26.6 Å². The first kappa shape index (κ1) is 49.6. The highest BCUT2D eigenvalue weighted by molar-refractivity contribution is 6.11. The van der Waals surface area contributed by atoms with Gasteiger partial charge in [-0.3, -0.25) is 28.8 Å². The molecule has 0 saturated carbocycles. The van der Waals surface area contributed by atoms with Gasteiger partial charge in [0.2, 0.25) is 11.8 Å². The molecule has 0 heterocycles. The van der Waals surface area contributed by atoms with Crippen molar-refractivity contribution in [2.75, 3.05) is 42.6 Å². The average molecular weight is 934 g/mol. The Labute approximate surface area is 385 Å². The van der Waals surface area contributed by atoms with Crippen molar-refractivity contribution < 1.29 is 72.6 Å². The molecule has 0 aliphatic heterocycles. The van der Waals surface area contributed by atoms with Crippen LogP contribution in [-0.2, 0) is 19.1 Å². The smallest absolute Gasteiger partial charge is 0.409 e. The molecular weight excluding hydrogens is 891 g/mol. The fraction of sp³-hybridized carbons (Fsp3) is 0.130. The molecule has 0 spiro atoms. The molecule has 2 atom stereocenters. The Hall–Kier alpha value is -9.44. The molecule has 22 heteroatoms. The van der Waals surface area contributed by atoms with Gasteiger partial charge >= 0.3 is 12.1 Å². The van der Waals surface area contributed by atoms with Crippen LogP contribution in [0.25, 0.3) is 6.08 Å². The number of carbonyl (C=O) groups excluding carboxylic acids is 7. The summed E-state index contributed by atoms with van der Waals surface area (Å²) in [7, 11) is 3.43. The van der Waals surface area contributed by atoms with E-state index in [1.165, 1.54) is 86.0 Å².